The van der Waals surface area contributed by atoms with E-state index in [0.717, 1.165) is 24.4 Å². The summed E-state index contributed by atoms with van der Waals surface area (Å²) in [4.78, 5) is 17.1. The van der Waals surface area contributed by atoms with Gasteiger partial charge in [-0.3, -0.25) is 4.90 Å². The molecule has 1 aliphatic heterocycles. The maximum absolute atomic E-state index is 12.7. The lowest BCUT2D eigenvalue weighted by atomic mass is 9.96. The van der Waals surface area contributed by atoms with Crippen LogP contribution in [0.1, 0.15) is 29.7 Å². The second-order valence-corrected chi connectivity index (χ2v) is 7.98. The molecule has 5 nitrogen and oxygen atoms in total. The minimum Gasteiger partial charge on any atom is -0.494 e. The van der Waals surface area contributed by atoms with E-state index in [0.29, 0.717) is 26.2 Å². The van der Waals surface area contributed by atoms with E-state index in [4.69, 9.17) is 4.74 Å². The van der Waals surface area contributed by atoms with Gasteiger partial charge < -0.3 is 15.0 Å². The monoisotopic (exact) mass is 429 g/mol. The van der Waals surface area contributed by atoms with Crippen molar-refractivity contribution in [2.45, 2.75) is 19.5 Å². The number of amides is 2. The average Bonchev–Trinajstić information content (AvgIpc) is 2.86. The van der Waals surface area contributed by atoms with Crippen LogP contribution in [0.15, 0.2) is 84.9 Å². The Morgan fingerprint density at radius 2 is 1.41 bits per heavy atom. The van der Waals surface area contributed by atoms with E-state index in [-0.39, 0.29) is 12.1 Å². The van der Waals surface area contributed by atoms with Crippen molar-refractivity contribution in [1.82, 2.24) is 15.1 Å². The summed E-state index contributed by atoms with van der Waals surface area (Å²) in [5, 5.41) is 3.06. The highest BCUT2D eigenvalue weighted by atomic mass is 16.5. The van der Waals surface area contributed by atoms with Gasteiger partial charge in [-0.05, 0) is 35.7 Å². The zero-order chi connectivity index (χ0) is 22.2. The lowest BCUT2D eigenvalue weighted by Gasteiger charge is -2.39. The second-order valence-electron chi connectivity index (χ2n) is 7.98. The summed E-state index contributed by atoms with van der Waals surface area (Å²) >= 11 is 0. The second kappa shape index (κ2) is 10.8. The minimum atomic E-state index is -0.00509. The van der Waals surface area contributed by atoms with Gasteiger partial charge in [0, 0.05) is 32.7 Å². The van der Waals surface area contributed by atoms with E-state index in [2.05, 4.69) is 70.9 Å². The molecular weight excluding hydrogens is 398 g/mol. The molecule has 0 unspecified atom stereocenters. The predicted molar refractivity (Wildman–Crippen MR) is 128 cm³/mol. The summed E-state index contributed by atoms with van der Waals surface area (Å²) in [6.45, 7) is 6.24. The standard InChI is InChI=1S/C27H31N3O2/c1-2-32-25-15-13-22(14-16-25)21-28-27(31)30-19-17-29(18-20-30)26(23-9-5-3-6-10-23)24-11-7-4-8-12-24/h3-16,26H,2,17-21H2,1H3,(H,28,31). The molecule has 5 heteroatoms. The zero-order valence-corrected chi connectivity index (χ0v) is 18.6. The summed E-state index contributed by atoms with van der Waals surface area (Å²) in [6.07, 6.45) is 0. The molecule has 1 N–H and O–H groups in total. The summed E-state index contributed by atoms with van der Waals surface area (Å²) in [6, 6.07) is 29.3. The third-order valence-corrected chi connectivity index (χ3v) is 5.88. The number of hydrogen-bond donors (Lipinski definition) is 1. The van der Waals surface area contributed by atoms with Crippen molar-refractivity contribution in [3.05, 3.63) is 102 Å². The third kappa shape index (κ3) is 5.48. The molecule has 0 bridgehead atoms. The highest BCUT2D eigenvalue weighted by molar-refractivity contribution is 5.74. The molecule has 3 aromatic carbocycles. The van der Waals surface area contributed by atoms with Crippen LogP contribution in [0.4, 0.5) is 4.79 Å². The molecule has 0 saturated carbocycles. The van der Waals surface area contributed by atoms with Crippen LogP contribution in [0.2, 0.25) is 0 Å². The molecule has 1 saturated heterocycles. The van der Waals surface area contributed by atoms with E-state index in [1.54, 1.807) is 0 Å². The SMILES string of the molecule is CCOc1ccc(CNC(=O)N2CCN(C(c3ccccc3)c3ccccc3)CC2)cc1. The molecule has 32 heavy (non-hydrogen) atoms. The summed E-state index contributed by atoms with van der Waals surface area (Å²) < 4.78 is 5.47. The van der Waals surface area contributed by atoms with Crippen molar-refractivity contribution in [3.63, 3.8) is 0 Å². The van der Waals surface area contributed by atoms with Gasteiger partial charge in [-0.15, -0.1) is 0 Å². The first-order valence-electron chi connectivity index (χ1n) is 11.3. The number of hydrogen-bond acceptors (Lipinski definition) is 3. The van der Waals surface area contributed by atoms with Gasteiger partial charge in [-0.25, -0.2) is 4.79 Å². The van der Waals surface area contributed by atoms with Crippen LogP contribution in [0.3, 0.4) is 0 Å². The Kier molecular flexibility index (Phi) is 7.41. The maximum atomic E-state index is 12.7. The van der Waals surface area contributed by atoms with Crippen molar-refractivity contribution in [1.29, 1.82) is 0 Å². The van der Waals surface area contributed by atoms with Crippen molar-refractivity contribution in [2.75, 3.05) is 32.8 Å². The highest BCUT2D eigenvalue weighted by Crippen LogP contribution is 2.29. The molecule has 0 aliphatic carbocycles. The molecular formula is C27H31N3O2. The van der Waals surface area contributed by atoms with Crippen LogP contribution < -0.4 is 10.1 Å². The van der Waals surface area contributed by atoms with Crippen LogP contribution in [0, 0.1) is 0 Å². The lowest BCUT2D eigenvalue weighted by Crippen LogP contribution is -2.52. The van der Waals surface area contributed by atoms with E-state index >= 15 is 0 Å². The van der Waals surface area contributed by atoms with Crippen molar-refractivity contribution < 1.29 is 9.53 Å². The molecule has 1 heterocycles. The van der Waals surface area contributed by atoms with Gasteiger partial charge in [0.2, 0.25) is 0 Å². The smallest absolute Gasteiger partial charge is 0.317 e. The van der Waals surface area contributed by atoms with Crippen LogP contribution in [-0.2, 0) is 6.54 Å². The molecule has 4 rings (SSSR count). The lowest BCUT2D eigenvalue weighted by molar-refractivity contribution is 0.120. The van der Waals surface area contributed by atoms with E-state index in [1.165, 1.54) is 11.1 Å². The van der Waals surface area contributed by atoms with Crippen LogP contribution in [-0.4, -0.2) is 48.6 Å². The molecule has 0 aromatic heterocycles. The Balaban J connectivity index is 1.34. The fraction of sp³-hybridized carbons (Fsp3) is 0.296. The topological polar surface area (TPSA) is 44.8 Å². The van der Waals surface area contributed by atoms with Gasteiger partial charge >= 0.3 is 6.03 Å². The number of carbonyl (C=O) groups excluding carboxylic acids is 1. The molecule has 2 amide bonds. The fourth-order valence-corrected chi connectivity index (χ4v) is 4.23. The Hall–Kier alpha value is -3.31. The fourth-order valence-electron chi connectivity index (χ4n) is 4.23. The molecule has 1 fully saturated rings. The van der Waals surface area contributed by atoms with Crippen LogP contribution in [0.5, 0.6) is 5.75 Å². The number of ether oxygens (including phenoxy) is 1. The Bertz CT molecular complexity index is 929. The predicted octanol–water partition coefficient (Wildman–Crippen LogP) is 4.70. The van der Waals surface area contributed by atoms with Gasteiger partial charge in [0.25, 0.3) is 0 Å². The Morgan fingerprint density at radius 1 is 0.844 bits per heavy atom. The largest absolute Gasteiger partial charge is 0.494 e. The molecule has 0 atom stereocenters. The number of carbonyl (C=O) groups is 1. The Morgan fingerprint density at radius 3 is 1.94 bits per heavy atom. The molecule has 166 valence electrons. The van der Waals surface area contributed by atoms with E-state index in [1.807, 2.05) is 36.1 Å². The normalized spacial score (nSPS) is 14.4. The first-order valence-corrected chi connectivity index (χ1v) is 11.3. The van der Waals surface area contributed by atoms with Crippen molar-refractivity contribution in [3.8, 4) is 5.75 Å². The van der Waals surface area contributed by atoms with Crippen LogP contribution >= 0.6 is 0 Å². The quantitative estimate of drug-likeness (QED) is 0.592. The Labute approximate surface area is 190 Å². The molecule has 3 aromatic rings. The van der Waals surface area contributed by atoms with E-state index < -0.39 is 0 Å². The number of nitrogens with one attached hydrogen (secondary N) is 1. The van der Waals surface area contributed by atoms with Gasteiger partial charge in [0.1, 0.15) is 5.75 Å². The number of benzene rings is 3. The number of rotatable bonds is 7. The van der Waals surface area contributed by atoms with Gasteiger partial charge in [0.05, 0.1) is 12.6 Å². The number of piperazine rings is 1. The van der Waals surface area contributed by atoms with Gasteiger partial charge in [0.15, 0.2) is 0 Å². The number of urea groups is 1. The highest BCUT2D eigenvalue weighted by Gasteiger charge is 2.28. The first-order chi connectivity index (χ1) is 15.7. The number of nitrogens with zero attached hydrogens (tertiary/aromatic N) is 2. The minimum absolute atomic E-state index is 0.00509. The first kappa shape index (κ1) is 21.9. The molecule has 0 radical (unpaired) electrons. The van der Waals surface area contributed by atoms with Gasteiger partial charge in [-0.2, -0.15) is 0 Å². The average molecular weight is 430 g/mol. The van der Waals surface area contributed by atoms with Crippen molar-refractivity contribution in [2.24, 2.45) is 0 Å². The zero-order valence-electron chi connectivity index (χ0n) is 18.6. The molecule has 0 spiro atoms. The summed E-state index contributed by atoms with van der Waals surface area (Å²) in [7, 11) is 0. The van der Waals surface area contributed by atoms with Crippen LogP contribution in [0.25, 0.3) is 0 Å². The summed E-state index contributed by atoms with van der Waals surface area (Å²) in [5.74, 6) is 0.852. The molecule has 1 aliphatic rings. The third-order valence-electron chi connectivity index (χ3n) is 5.88. The summed E-state index contributed by atoms with van der Waals surface area (Å²) in [5.41, 5.74) is 3.63. The van der Waals surface area contributed by atoms with E-state index in [9.17, 15) is 4.79 Å². The maximum Gasteiger partial charge on any atom is 0.317 e. The van der Waals surface area contributed by atoms with Gasteiger partial charge in [-0.1, -0.05) is 72.8 Å². The van der Waals surface area contributed by atoms with Crippen molar-refractivity contribution >= 4 is 6.03 Å².